The Bertz CT molecular complexity index is 2800. The van der Waals surface area contributed by atoms with Crippen LogP contribution in [0.1, 0.15) is 0 Å². The molecule has 0 aliphatic rings. The summed E-state index contributed by atoms with van der Waals surface area (Å²) in [5, 5.41) is 4.55. The SMILES string of the molecule is c1ccc(-c2nc(-c3ccccc3)nc(-c3ccc(-n4c5ccccc5c5ccc(-c6cccc7c6oc6ccccc67)cc54)nc3)n2)cc1. The molecule has 10 aromatic rings. The zero-order valence-electron chi connectivity index (χ0n) is 26.7. The molecule has 6 nitrogen and oxygen atoms in total. The zero-order chi connectivity index (χ0) is 33.0. The van der Waals surface area contributed by atoms with E-state index in [1.165, 1.54) is 5.39 Å². The van der Waals surface area contributed by atoms with Crippen LogP contribution < -0.4 is 0 Å². The van der Waals surface area contributed by atoms with Crippen LogP contribution >= 0.6 is 0 Å². The number of pyridine rings is 1. The summed E-state index contributed by atoms with van der Waals surface area (Å²) in [4.78, 5) is 19.7. The van der Waals surface area contributed by atoms with Gasteiger partial charge < -0.3 is 4.42 Å². The van der Waals surface area contributed by atoms with Gasteiger partial charge in [-0.25, -0.2) is 19.9 Å². The zero-order valence-corrected chi connectivity index (χ0v) is 26.7. The van der Waals surface area contributed by atoms with Crippen molar-refractivity contribution in [1.29, 1.82) is 0 Å². The van der Waals surface area contributed by atoms with E-state index in [2.05, 4.69) is 77.4 Å². The predicted molar refractivity (Wildman–Crippen MR) is 201 cm³/mol. The van der Waals surface area contributed by atoms with Gasteiger partial charge in [0.2, 0.25) is 0 Å². The number of furan rings is 1. The normalized spacial score (nSPS) is 11.6. The number of benzene rings is 6. The summed E-state index contributed by atoms with van der Waals surface area (Å²) in [6.45, 7) is 0. The Morgan fingerprint density at radius 2 is 1.02 bits per heavy atom. The highest BCUT2D eigenvalue weighted by Gasteiger charge is 2.18. The van der Waals surface area contributed by atoms with Crippen molar-refractivity contribution in [3.8, 4) is 51.1 Å². The van der Waals surface area contributed by atoms with Crippen LogP contribution in [0.2, 0.25) is 0 Å². The van der Waals surface area contributed by atoms with Crippen molar-refractivity contribution in [3.05, 3.63) is 164 Å². The molecule has 0 spiro atoms. The average Bonchev–Trinajstić information content (AvgIpc) is 3.74. The average molecular weight is 642 g/mol. The van der Waals surface area contributed by atoms with Crippen molar-refractivity contribution in [1.82, 2.24) is 24.5 Å². The van der Waals surface area contributed by atoms with E-state index in [-0.39, 0.29) is 0 Å². The quantitative estimate of drug-likeness (QED) is 0.187. The van der Waals surface area contributed by atoms with E-state index in [0.29, 0.717) is 17.5 Å². The van der Waals surface area contributed by atoms with Gasteiger partial charge in [-0.1, -0.05) is 127 Å². The van der Waals surface area contributed by atoms with E-state index in [0.717, 1.165) is 72.0 Å². The Labute approximate surface area is 287 Å². The molecule has 0 bridgehead atoms. The van der Waals surface area contributed by atoms with Crippen LogP contribution in [-0.2, 0) is 0 Å². The molecule has 10 rings (SSSR count). The van der Waals surface area contributed by atoms with Gasteiger partial charge in [-0.3, -0.25) is 4.57 Å². The maximum Gasteiger partial charge on any atom is 0.165 e. The first kappa shape index (κ1) is 28.1. The number of aromatic nitrogens is 5. The summed E-state index contributed by atoms with van der Waals surface area (Å²) in [5.74, 6) is 2.61. The summed E-state index contributed by atoms with van der Waals surface area (Å²) in [7, 11) is 0. The van der Waals surface area contributed by atoms with Crippen molar-refractivity contribution >= 4 is 43.7 Å². The van der Waals surface area contributed by atoms with Crippen LogP contribution in [0.5, 0.6) is 0 Å². The Morgan fingerprint density at radius 3 is 1.74 bits per heavy atom. The maximum atomic E-state index is 6.42. The van der Waals surface area contributed by atoms with Crippen LogP contribution in [0, 0.1) is 0 Å². The first-order valence-corrected chi connectivity index (χ1v) is 16.6. The first-order chi connectivity index (χ1) is 24.8. The highest BCUT2D eigenvalue weighted by Crippen LogP contribution is 2.39. The molecule has 0 N–H and O–H groups in total. The topological polar surface area (TPSA) is 69.6 Å². The number of para-hydroxylation sites is 3. The molecule has 0 saturated heterocycles. The monoisotopic (exact) mass is 641 g/mol. The van der Waals surface area contributed by atoms with Crippen molar-refractivity contribution < 1.29 is 4.42 Å². The van der Waals surface area contributed by atoms with Gasteiger partial charge in [-0.05, 0) is 35.9 Å². The lowest BCUT2D eigenvalue weighted by Crippen LogP contribution is -2.01. The number of hydrogen-bond donors (Lipinski definition) is 0. The third-order valence-corrected chi connectivity index (χ3v) is 9.32. The predicted octanol–water partition coefficient (Wildman–Crippen LogP) is 10.9. The molecule has 0 radical (unpaired) electrons. The Kier molecular flexibility index (Phi) is 6.39. The second-order valence-corrected chi connectivity index (χ2v) is 12.3. The fourth-order valence-electron chi connectivity index (χ4n) is 6.95. The molecule has 0 atom stereocenters. The smallest absolute Gasteiger partial charge is 0.165 e. The van der Waals surface area contributed by atoms with E-state index >= 15 is 0 Å². The molecule has 0 saturated carbocycles. The number of rotatable bonds is 5. The minimum atomic E-state index is 0.570. The summed E-state index contributed by atoms with van der Waals surface area (Å²) in [6, 6.07) is 53.8. The second kappa shape index (κ2) is 11.4. The van der Waals surface area contributed by atoms with Gasteiger partial charge in [0.1, 0.15) is 17.0 Å². The van der Waals surface area contributed by atoms with Crippen molar-refractivity contribution in [2.75, 3.05) is 0 Å². The molecule has 6 heteroatoms. The largest absolute Gasteiger partial charge is 0.455 e. The molecule has 0 amide bonds. The van der Waals surface area contributed by atoms with E-state index < -0.39 is 0 Å². The molecule has 0 unspecified atom stereocenters. The van der Waals surface area contributed by atoms with Crippen LogP contribution in [0.15, 0.2) is 168 Å². The lowest BCUT2D eigenvalue weighted by molar-refractivity contribution is 0.670. The lowest BCUT2D eigenvalue weighted by atomic mass is 10.0. The van der Waals surface area contributed by atoms with Gasteiger partial charge in [0, 0.05) is 50.0 Å². The molecule has 0 aliphatic carbocycles. The van der Waals surface area contributed by atoms with Gasteiger partial charge in [0.05, 0.1) is 11.0 Å². The van der Waals surface area contributed by atoms with E-state index in [4.69, 9.17) is 24.4 Å². The molecule has 6 aromatic carbocycles. The summed E-state index contributed by atoms with van der Waals surface area (Å²) < 4.78 is 8.65. The number of fused-ring (bicyclic) bond motifs is 6. The Morgan fingerprint density at radius 1 is 0.420 bits per heavy atom. The summed E-state index contributed by atoms with van der Waals surface area (Å²) in [5.41, 5.74) is 8.72. The number of nitrogens with zero attached hydrogens (tertiary/aromatic N) is 5. The summed E-state index contributed by atoms with van der Waals surface area (Å²) >= 11 is 0. The summed E-state index contributed by atoms with van der Waals surface area (Å²) in [6.07, 6.45) is 1.85. The van der Waals surface area contributed by atoms with E-state index in [9.17, 15) is 0 Å². The van der Waals surface area contributed by atoms with Crippen molar-refractivity contribution in [2.24, 2.45) is 0 Å². The fourth-order valence-corrected chi connectivity index (χ4v) is 6.95. The molecule has 234 valence electrons. The molecule has 0 fully saturated rings. The van der Waals surface area contributed by atoms with Gasteiger partial charge >= 0.3 is 0 Å². The van der Waals surface area contributed by atoms with Gasteiger partial charge in [-0.15, -0.1) is 0 Å². The van der Waals surface area contributed by atoms with Crippen molar-refractivity contribution in [3.63, 3.8) is 0 Å². The lowest BCUT2D eigenvalue weighted by Gasteiger charge is -2.10. The van der Waals surface area contributed by atoms with Crippen LogP contribution in [0.3, 0.4) is 0 Å². The number of hydrogen-bond acceptors (Lipinski definition) is 5. The molecular formula is C44H27N5O. The first-order valence-electron chi connectivity index (χ1n) is 16.6. The van der Waals surface area contributed by atoms with Crippen LogP contribution in [0.25, 0.3) is 94.9 Å². The third kappa shape index (κ3) is 4.58. The molecule has 4 aromatic heterocycles. The maximum absolute atomic E-state index is 6.42. The molecule has 0 aliphatic heterocycles. The molecular weight excluding hydrogens is 615 g/mol. The molecule has 50 heavy (non-hydrogen) atoms. The standard InChI is InChI=1S/C44H27N5O/c1-3-12-28(13-4-1)42-46-43(29-14-5-2-6-15-29)48-44(47-42)31-23-25-40(45-27-31)49-37-20-9-7-16-33(37)34-24-22-30(26-38(34)49)32-18-11-19-36-35-17-8-10-21-39(35)50-41(32)36/h1-27H. The Hall–Kier alpha value is -6.92. The van der Waals surface area contributed by atoms with Crippen LogP contribution in [-0.4, -0.2) is 24.5 Å². The van der Waals surface area contributed by atoms with Gasteiger partial charge in [0.25, 0.3) is 0 Å². The Balaban J connectivity index is 1.12. The third-order valence-electron chi connectivity index (χ3n) is 9.32. The second-order valence-electron chi connectivity index (χ2n) is 12.3. The van der Waals surface area contributed by atoms with E-state index in [1.54, 1.807) is 0 Å². The highest BCUT2D eigenvalue weighted by atomic mass is 16.3. The minimum absolute atomic E-state index is 0.570. The van der Waals surface area contributed by atoms with Gasteiger partial charge in [-0.2, -0.15) is 0 Å². The molecule has 4 heterocycles. The highest BCUT2D eigenvalue weighted by molar-refractivity contribution is 6.12. The fraction of sp³-hybridized carbons (Fsp3) is 0. The van der Waals surface area contributed by atoms with E-state index in [1.807, 2.05) is 91.1 Å². The van der Waals surface area contributed by atoms with Crippen LogP contribution in [0.4, 0.5) is 0 Å². The van der Waals surface area contributed by atoms with Crippen molar-refractivity contribution in [2.45, 2.75) is 0 Å². The minimum Gasteiger partial charge on any atom is -0.455 e. The van der Waals surface area contributed by atoms with Gasteiger partial charge in [0.15, 0.2) is 17.5 Å².